The fraction of sp³-hybridized carbons (Fsp3) is 0.615. The van der Waals surface area contributed by atoms with E-state index in [4.69, 9.17) is 0 Å². The van der Waals surface area contributed by atoms with E-state index < -0.39 is 10.0 Å². The van der Waals surface area contributed by atoms with Crippen molar-refractivity contribution < 1.29 is 8.42 Å². The lowest BCUT2D eigenvalue weighted by Gasteiger charge is -2.38. The summed E-state index contributed by atoms with van der Waals surface area (Å²) in [6.45, 7) is 4.18. The van der Waals surface area contributed by atoms with E-state index in [9.17, 15) is 13.2 Å². The molecular formula is C13H20N2O3S. The predicted molar refractivity (Wildman–Crippen MR) is 73.4 cm³/mol. The average Bonchev–Trinajstić information content (AvgIpc) is 2.32. The maximum atomic E-state index is 12.3. The lowest BCUT2D eigenvalue weighted by Crippen LogP contribution is -2.46. The maximum Gasteiger partial charge on any atom is 0.247 e. The van der Waals surface area contributed by atoms with Gasteiger partial charge in [-0.05, 0) is 24.3 Å². The van der Waals surface area contributed by atoms with Crippen LogP contribution in [0.5, 0.6) is 0 Å². The molecule has 19 heavy (non-hydrogen) atoms. The first kappa shape index (κ1) is 14.3. The van der Waals surface area contributed by atoms with Crippen LogP contribution in [0.15, 0.2) is 28.0 Å². The molecule has 1 aliphatic rings. The highest BCUT2D eigenvalue weighted by Gasteiger charge is 2.35. The van der Waals surface area contributed by atoms with Crippen LogP contribution in [0.3, 0.4) is 0 Å². The van der Waals surface area contributed by atoms with E-state index >= 15 is 0 Å². The highest BCUT2D eigenvalue weighted by Crippen LogP contribution is 2.36. The van der Waals surface area contributed by atoms with Crippen LogP contribution in [0, 0.1) is 5.41 Å². The number of nitrogens with one attached hydrogen (secondary N) is 2. The molecule has 1 saturated carbocycles. The standard InChI is InChI=1S/C13H20N2O3S/c1-13(2)8-4-3-5-11(13)15-19(17,18)10-6-7-12(16)14-9-10/h6-7,9,11,15H,3-5,8H2,1-2H3,(H,14,16). The zero-order valence-electron chi connectivity index (χ0n) is 11.3. The number of rotatable bonds is 3. The van der Waals surface area contributed by atoms with Crippen molar-refractivity contribution in [3.63, 3.8) is 0 Å². The molecule has 0 spiro atoms. The molecule has 0 radical (unpaired) electrons. The average molecular weight is 284 g/mol. The summed E-state index contributed by atoms with van der Waals surface area (Å²) in [4.78, 5) is 13.5. The third-order valence-corrected chi connectivity index (χ3v) is 5.34. The van der Waals surface area contributed by atoms with E-state index in [1.54, 1.807) is 0 Å². The zero-order chi connectivity index (χ0) is 14.1. The van der Waals surface area contributed by atoms with E-state index in [1.165, 1.54) is 18.3 Å². The van der Waals surface area contributed by atoms with E-state index in [2.05, 4.69) is 23.6 Å². The Hall–Kier alpha value is -1.14. The Morgan fingerprint density at radius 3 is 2.63 bits per heavy atom. The van der Waals surface area contributed by atoms with Crippen molar-refractivity contribution in [3.8, 4) is 0 Å². The molecular weight excluding hydrogens is 264 g/mol. The van der Waals surface area contributed by atoms with Crippen molar-refractivity contribution in [1.82, 2.24) is 9.71 Å². The molecule has 2 N–H and O–H groups in total. The van der Waals surface area contributed by atoms with Gasteiger partial charge >= 0.3 is 0 Å². The van der Waals surface area contributed by atoms with E-state index in [-0.39, 0.29) is 21.9 Å². The van der Waals surface area contributed by atoms with E-state index in [1.807, 2.05) is 0 Å². The van der Waals surface area contributed by atoms with Crippen molar-refractivity contribution in [2.75, 3.05) is 0 Å². The Morgan fingerprint density at radius 1 is 1.32 bits per heavy atom. The monoisotopic (exact) mass is 284 g/mol. The molecule has 5 nitrogen and oxygen atoms in total. The van der Waals surface area contributed by atoms with Crippen molar-refractivity contribution in [2.45, 2.75) is 50.5 Å². The fourth-order valence-corrected chi connectivity index (χ4v) is 3.94. The van der Waals surface area contributed by atoms with Crippen LogP contribution in [-0.4, -0.2) is 19.4 Å². The number of hydrogen-bond acceptors (Lipinski definition) is 3. The first-order valence-corrected chi connectivity index (χ1v) is 8.01. The van der Waals surface area contributed by atoms with Crippen LogP contribution in [0.4, 0.5) is 0 Å². The smallest absolute Gasteiger partial charge is 0.247 e. The molecule has 0 aliphatic heterocycles. The third kappa shape index (κ3) is 3.25. The SMILES string of the molecule is CC1(C)CCCCC1NS(=O)(=O)c1ccc(=O)[nH]c1. The number of hydrogen-bond donors (Lipinski definition) is 2. The van der Waals surface area contributed by atoms with Crippen molar-refractivity contribution in [2.24, 2.45) is 5.41 Å². The van der Waals surface area contributed by atoms with Gasteiger partial charge in [-0.15, -0.1) is 0 Å². The van der Waals surface area contributed by atoms with Gasteiger partial charge in [0.1, 0.15) is 0 Å². The number of H-pyrrole nitrogens is 1. The fourth-order valence-electron chi connectivity index (χ4n) is 2.53. The van der Waals surface area contributed by atoms with Crippen LogP contribution in [-0.2, 0) is 10.0 Å². The second kappa shape index (κ2) is 5.09. The normalized spacial score (nSPS) is 23.2. The summed E-state index contributed by atoms with van der Waals surface area (Å²) in [5, 5.41) is 0. The topological polar surface area (TPSA) is 79.0 Å². The molecule has 1 aromatic heterocycles. The lowest BCUT2D eigenvalue weighted by molar-refractivity contribution is 0.188. The maximum absolute atomic E-state index is 12.3. The number of aromatic amines is 1. The van der Waals surface area contributed by atoms with Gasteiger partial charge in [0, 0.05) is 18.3 Å². The molecule has 0 amide bonds. The summed E-state index contributed by atoms with van der Waals surface area (Å²) in [7, 11) is -3.57. The van der Waals surface area contributed by atoms with Gasteiger partial charge in [-0.1, -0.05) is 26.7 Å². The Labute approximate surface area is 113 Å². The van der Waals surface area contributed by atoms with Gasteiger partial charge in [-0.3, -0.25) is 4.79 Å². The highest BCUT2D eigenvalue weighted by atomic mass is 32.2. The molecule has 1 heterocycles. The summed E-state index contributed by atoms with van der Waals surface area (Å²) < 4.78 is 27.3. The molecule has 6 heteroatoms. The minimum absolute atomic E-state index is 0.0342. The molecule has 2 rings (SSSR count). The Kier molecular flexibility index (Phi) is 3.82. The number of pyridine rings is 1. The highest BCUT2D eigenvalue weighted by molar-refractivity contribution is 7.89. The molecule has 0 bridgehead atoms. The van der Waals surface area contributed by atoms with Crippen LogP contribution in [0.25, 0.3) is 0 Å². The quantitative estimate of drug-likeness (QED) is 0.885. The van der Waals surface area contributed by atoms with Gasteiger partial charge in [-0.2, -0.15) is 0 Å². The summed E-state index contributed by atoms with van der Waals surface area (Å²) in [5.74, 6) is 0. The number of aromatic nitrogens is 1. The molecule has 0 aromatic carbocycles. The summed E-state index contributed by atoms with van der Waals surface area (Å²) >= 11 is 0. The Bertz CT molecular complexity index is 584. The second-order valence-corrected chi connectivity index (χ2v) is 7.51. The van der Waals surface area contributed by atoms with Gasteiger partial charge in [0.25, 0.3) is 0 Å². The first-order valence-electron chi connectivity index (χ1n) is 6.52. The molecule has 1 unspecified atom stereocenters. The van der Waals surface area contributed by atoms with E-state index in [0.717, 1.165) is 25.7 Å². The van der Waals surface area contributed by atoms with Crippen LogP contribution in [0.2, 0.25) is 0 Å². The summed E-state index contributed by atoms with van der Waals surface area (Å²) in [6.07, 6.45) is 5.30. The zero-order valence-corrected chi connectivity index (χ0v) is 12.1. The van der Waals surface area contributed by atoms with Crippen molar-refractivity contribution in [3.05, 3.63) is 28.7 Å². The van der Waals surface area contributed by atoms with Crippen LogP contribution < -0.4 is 10.3 Å². The van der Waals surface area contributed by atoms with Crippen molar-refractivity contribution >= 4 is 10.0 Å². The van der Waals surface area contributed by atoms with Gasteiger partial charge in [0.2, 0.25) is 15.6 Å². The predicted octanol–water partition coefficient (Wildman–Crippen LogP) is 1.62. The largest absolute Gasteiger partial charge is 0.328 e. The van der Waals surface area contributed by atoms with E-state index in [0.29, 0.717) is 0 Å². The number of sulfonamides is 1. The Morgan fingerprint density at radius 2 is 2.05 bits per heavy atom. The minimum Gasteiger partial charge on any atom is -0.328 e. The van der Waals surface area contributed by atoms with Gasteiger partial charge in [0.15, 0.2) is 0 Å². The molecule has 1 fully saturated rings. The Balaban J connectivity index is 2.21. The van der Waals surface area contributed by atoms with Gasteiger partial charge < -0.3 is 4.98 Å². The van der Waals surface area contributed by atoms with Gasteiger partial charge in [-0.25, -0.2) is 13.1 Å². The van der Waals surface area contributed by atoms with Crippen LogP contribution in [0.1, 0.15) is 39.5 Å². The first-order chi connectivity index (χ1) is 8.81. The van der Waals surface area contributed by atoms with Crippen molar-refractivity contribution in [1.29, 1.82) is 0 Å². The molecule has 106 valence electrons. The molecule has 1 atom stereocenters. The van der Waals surface area contributed by atoms with Crippen LogP contribution >= 0.6 is 0 Å². The third-order valence-electron chi connectivity index (χ3n) is 3.87. The summed E-state index contributed by atoms with van der Waals surface area (Å²) in [6, 6.07) is 2.50. The second-order valence-electron chi connectivity index (χ2n) is 5.80. The molecule has 1 aromatic rings. The summed E-state index contributed by atoms with van der Waals surface area (Å²) in [5.41, 5.74) is -0.343. The molecule has 1 aliphatic carbocycles. The minimum atomic E-state index is -3.57. The molecule has 0 saturated heterocycles. The van der Waals surface area contributed by atoms with Gasteiger partial charge in [0.05, 0.1) is 4.90 Å². The lowest BCUT2D eigenvalue weighted by atomic mass is 9.74.